The molecule has 0 bridgehead atoms. The Bertz CT molecular complexity index is 4770. The average Bonchev–Trinajstić information content (AvgIpc) is 2.13. The third-order valence-electron chi connectivity index (χ3n) is 17.6. The van der Waals surface area contributed by atoms with Crippen LogP contribution in [-0.2, 0) is 16.2 Å². The van der Waals surface area contributed by atoms with Crippen LogP contribution in [0, 0.1) is 0 Å². The first-order valence-corrected chi connectivity index (χ1v) is 28.8. The molecule has 1 aliphatic rings. The predicted molar refractivity (Wildman–Crippen MR) is 348 cm³/mol. The highest BCUT2D eigenvalue weighted by atomic mass is 16.3. The molecule has 0 radical (unpaired) electrons. The van der Waals surface area contributed by atoms with Gasteiger partial charge in [0.2, 0.25) is 0 Å². The highest BCUT2D eigenvalue weighted by Crippen LogP contribution is 2.62. The van der Waals surface area contributed by atoms with Gasteiger partial charge in [0.15, 0.2) is 5.58 Å². The van der Waals surface area contributed by atoms with E-state index < -0.39 is 5.41 Å². The standard InChI is InChI=1S/C79H62N2O/c1-77(2,3)55-34-40-59(41-35-55)80(61-38-32-51-20-13-15-22-53(51)46-61)63-44-45-66-68(48-63)64-28-17-18-29-65(64)74-70-49-69-67-30-19-31-72(81(60-42-36-56(37-43-60)78(4,5)6)62-39-33-52-21-14-16-23-54(52)47-62)76(67)82-73(69)50-71(70)79(75(66)74,57-24-9-7-10-25-57)58-26-11-8-12-27-58/h7-50H,1-6H3. The molecule has 0 spiro atoms. The van der Waals surface area contributed by atoms with E-state index in [0.29, 0.717) is 0 Å². The molecule has 0 unspecified atom stereocenters. The lowest BCUT2D eigenvalue weighted by Crippen LogP contribution is -2.28. The van der Waals surface area contributed by atoms with E-state index >= 15 is 0 Å². The van der Waals surface area contributed by atoms with Crippen LogP contribution in [0.2, 0.25) is 0 Å². The van der Waals surface area contributed by atoms with Crippen molar-refractivity contribution in [3.05, 3.63) is 300 Å². The lowest BCUT2D eigenvalue weighted by atomic mass is 9.66. The summed E-state index contributed by atoms with van der Waals surface area (Å²) in [5, 5.41) is 11.8. The highest BCUT2D eigenvalue weighted by Gasteiger charge is 2.49. The highest BCUT2D eigenvalue weighted by molar-refractivity contribution is 6.22. The van der Waals surface area contributed by atoms with E-state index in [1.54, 1.807) is 0 Å². The first-order chi connectivity index (χ1) is 39.9. The van der Waals surface area contributed by atoms with Gasteiger partial charge in [-0.2, -0.15) is 0 Å². The van der Waals surface area contributed by atoms with E-state index in [0.717, 1.165) is 56.1 Å². The molecular weight excluding hydrogens is 993 g/mol. The second-order valence-electron chi connectivity index (χ2n) is 24.5. The van der Waals surface area contributed by atoms with Gasteiger partial charge in [0.25, 0.3) is 0 Å². The van der Waals surface area contributed by atoms with Crippen LogP contribution >= 0.6 is 0 Å². The normalized spacial score (nSPS) is 13.1. The molecule has 394 valence electrons. The Morgan fingerprint density at radius 2 is 0.805 bits per heavy atom. The number of hydrogen-bond acceptors (Lipinski definition) is 3. The third-order valence-corrected chi connectivity index (χ3v) is 17.6. The summed E-state index contributed by atoms with van der Waals surface area (Å²) in [5.41, 5.74) is 17.4. The van der Waals surface area contributed by atoms with Crippen molar-refractivity contribution in [3.8, 4) is 11.1 Å². The van der Waals surface area contributed by atoms with Crippen molar-refractivity contribution in [2.45, 2.75) is 57.8 Å². The van der Waals surface area contributed by atoms with Crippen LogP contribution in [0.15, 0.2) is 271 Å². The largest absolute Gasteiger partial charge is 0.454 e. The zero-order valence-electron chi connectivity index (χ0n) is 47.2. The first kappa shape index (κ1) is 49.4. The van der Waals surface area contributed by atoms with Crippen LogP contribution in [0.4, 0.5) is 34.1 Å². The lowest BCUT2D eigenvalue weighted by molar-refractivity contribution is 0.590. The summed E-state index contributed by atoms with van der Waals surface area (Å²) in [6, 6.07) is 99.4. The van der Waals surface area contributed by atoms with Crippen LogP contribution in [-0.4, -0.2) is 0 Å². The molecule has 0 atom stereocenters. The summed E-state index contributed by atoms with van der Waals surface area (Å²) in [7, 11) is 0. The topological polar surface area (TPSA) is 19.6 Å². The maximum atomic E-state index is 7.47. The minimum absolute atomic E-state index is 0.0123. The number of hydrogen-bond donors (Lipinski definition) is 0. The van der Waals surface area contributed by atoms with Crippen molar-refractivity contribution < 1.29 is 4.42 Å². The van der Waals surface area contributed by atoms with E-state index in [1.807, 2.05) is 0 Å². The van der Waals surface area contributed by atoms with E-state index in [-0.39, 0.29) is 10.8 Å². The average molecular weight is 1060 g/mol. The summed E-state index contributed by atoms with van der Waals surface area (Å²) < 4.78 is 7.47. The van der Waals surface area contributed by atoms with Gasteiger partial charge in [0.05, 0.1) is 11.1 Å². The number of benzene rings is 13. The molecule has 0 amide bonds. The number of furan rings is 1. The van der Waals surface area contributed by atoms with Crippen molar-refractivity contribution in [3.63, 3.8) is 0 Å². The number of para-hydroxylation sites is 1. The molecule has 0 fully saturated rings. The number of anilines is 6. The molecule has 1 heterocycles. The molecular formula is C79H62N2O. The van der Waals surface area contributed by atoms with Crippen LogP contribution in [0.3, 0.4) is 0 Å². The van der Waals surface area contributed by atoms with Crippen LogP contribution in [0.1, 0.15) is 74.9 Å². The summed E-state index contributed by atoms with van der Waals surface area (Å²) in [5.74, 6) is 0. The van der Waals surface area contributed by atoms with Gasteiger partial charge in [-0.3, -0.25) is 0 Å². The molecule has 0 saturated carbocycles. The van der Waals surface area contributed by atoms with E-state index in [1.165, 1.54) is 87.6 Å². The lowest BCUT2D eigenvalue weighted by Gasteiger charge is -2.35. The molecule has 3 nitrogen and oxygen atoms in total. The number of nitrogens with zero attached hydrogens (tertiary/aromatic N) is 2. The molecule has 15 rings (SSSR count). The molecule has 13 aromatic carbocycles. The number of rotatable bonds is 8. The smallest absolute Gasteiger partial charge is 0.159 e. The Morgan fingerprint density at radius 3 is 1.39 bits per heavy atom. The summed E-state index contributed by atoms with van der Waals surface area (Å²) in [6.45, 7) is 13.7. The Hall–Kier alpha value is -9.70. The SMILES string of the molecule is CC(C)(C)c1ccc(N(c2ccc3ccccc3c2)c2ccc3c4c(c5ccccc5c3c2)-c2cc3c(cc2C4(c2ccccc2)c2ccccc2)oc2c(N(c4ccc(C(C)(C)C)cc4)c4ccc5ccccc5c4)cccc23)cc1. The fraction of sp³-hybridized carbons (Fsp3) is 0.114. The van der Waals surface area contributed by atoms with Gasteiger partial charge in [-0.25, -0.2) is 0 Å². The summed E-state index contributed by atoms with van der Waals surface area (Å²) in [6.07, 6.45) is 0. The van der Waals surface area contributed by atoms with Crippen molar-refractivity contribution in [1.29, 1.82) is 0 Å². The zero-order chi connectivity index (χ0) is 55.5. The second kappa shape index (κ2) is 18.7. The zero-order valence-corrected chi connectivity index (χ0v) is 47.2. The Kier molecular flexibility index (Phi) is 11.2. The molecule has 1 aliphatic carbocycles. The Labute approximate surface area is 480 Å². The van der Waals surface area contributed by atoms with Crippen LogP contribution in [0.5, 0.6) is 0 Å². The molecule has 82 heavy (non-hydrogen) atoms. The molecule has 0 N–H and O–H groups in total. The quantitative estimate of drug-likeness (QED) is 0.141. The molecule has 0 aliphatic heterocycles. The third kappa shape index (κ3) is 7.78. The fourth-order valence-electron chi connectivity index (χ4n) is 13.5. The van der Waals surface area contributed by atoms with Gasteiger partial charge in [0, 0.05) is 39.2 Å². The van der Waals surface area contributed by atoms with Crippen LogP contribution < -0.4 is 9.80 Å². The number of fused-ring (bicyclic) bond motifs is 13. The maximum Gasteiger partial charge on any atom is 0.159 e. The predicted octanol–water partition coefficient (Wildman–Crippen LogP) is 22.1. The minimum Gasteiger partial charge on any atom is -0.454 e. The van der Waals surface area contributed by atoms with Crippen LogP contribution in [0.25, 0.3) is 76.2 Å². The molecule has 14 aromatic rings. The van der Waals surface area contributed by atoms with Gasteiger partial charge >= 0.3 is 0 Å². The molecule has 1 aromatic heterocycles. The van der Waals surface area contributed by atoms with Crippen molar-refractivity contribution in [1.82, 2.24) is 0 Å². The van der Waals surface area contributed by atoms with E-state index in [4.69, 9.17) is 4.42 Å². The Balaban J connectivity index is 0.999. The van der Waals surface area contributed by atoms with Crippen molar-refractivity contribution >= 4 is 99.2 Å². The van der Waals surface area contributed by atoms with Crippen molar-refractivity contribution in [2.24, 2.45) is 0 Å². The van der Waals surface area contributed by atoms with Gasteiger partial charge in [0.1, 0.15) is 5.58 Å². The monoisotopic (exact) mass is 1050 g/mol. The first-order valence-electron chi connectivity index (χ1n) is 28.8. The van der Waals surface area contributed by atoms with Crippen molar-refractivity contribution in [2.75, 3.05) is 9.80 Å². The van der Waals surface area contributed by atoms with Gasteiger partial charge < -0.3 is 14.2 Å². The summed E-state index contributed by atoms with van der Waals surface area (Å²) in [4.78, 5) is 4.81. The van der Waals surface area contributed by atoms with E-state index in [2.05, 4.69) is 318 Å². The second-order valence-corrected chi connectivity index (χ2v) is 24.5. The minimum atomic E-state index is -0.736. The fourth-order valence-corrected chi connectivity index (χ4v) is 13.5. The van der Waals surface area contributed by atoms with Gasteiger partial charge in [-0.1, -0.05) is 230 Å². The molecule has 3 heteroatoms. The van der Waals surface area contributed by atoms with E-state index in [9.17, 15) is 0 Å². The summed E-state index contributed by atoms with van der Waals surface area (Å²) >= 11 is 0. The van der Waals surface area contributed by atoms with Gasteiger partial charge in [-0.15, -0.1) is 0 Å². The maximum absolute atomic E-state index is 7.47. The molecule has 0 saturated heterocycles. The van der Waals surface area contributed by atoms with Gasteiger partial charge in [-0.05, 0) is 177 Å². The Morgan fingerprint density at radius 1 is 0.329 bits per heavy atom.